The Hall–Kier alpha value is -2.42. The average Bonchev–Trinajstić information content (AvgIpc) is 3.11. The van der Waals surface area contributed by atoms with Crippen molar-refractivity contribution in [2.24, 2.45) is 10.7 Å². The van der Waals surface area contributed by atoms with Gasteiger partial charge in [0.05, 0.1) is 13.1 Å². The van der Waals surface area contributed by atoms with Crippen molar-refractivity contribution in [3.63, 3.8) is 0 Å². The van der Waals surface area contributed by atoms with Crippen LogP contribution < -0.4 is 5.73 Å². The van der Waals surface area contributed by atoms with Gasteiger partial charge >= 0.3 is 0 Å². The molecule has 0 bridgehead atoms. The third kappa shape index (κ3) is 5.81. The maximum Gasteiger partial charge on any atom is 0.191 e. The van der Waals surface area contributed by atoms with Crippen LogP contribution in [0.5, 0.6) is 0 Å². The first-order valence-electron chi connectivity index (χ1n) is 10.3. The summed E-state index contributed by atoms with van der Waals surface area (Å²) < 4.78 is 1.82. The molecular formula is C23H29IN6. The van der Waals surface area contributed by atoms with E-state index in [0.29, 0.717) is 12.5 Å². The fraction of sp³-hybridized carbons (Fsp3) is 0.348. The van der Waals surface area contributed by atoms with Gasteiger partial charge in [-0.1, -0.05) is 61.4 Å². The predicted molar refractivity (Wildman–Crippen MR) is 132 cm³/mol. The number of aromatic nitrogens is 3. The standard InChI is InChI=1S/C23H28N6.HI/c24-23(28-13-5-1-2-6-14-28)26-15-21-7-3-4-8-22(21)20-11-9-19(10-12-20)16-29-18-25-17-27-29;/h3-4,7-12,17-18H,1-2,5-6,13-16H2,(H2,24,26);1H. The molecule has 0 atom stereocenters. The topological polar surface area (TPSA) is 72.3 Å². The van der Waals surface area contributed by atoms with Crippen LogP contribution in [-0.2, 0) is 13.1 Å². The van der Waals surface area contributed by atoms with Gasteiger partial charge in [0, 0.05) is 13.1 Å². The fourth-order valence-electron chi connectivity index (χ4n) is 3.80. The highest BCUT2D eigenvalue weighted by Crippen LogP contribution is 2.25. The summed E-state index contributed by atoms with van der Waals surface area (Å²) >= 11 is 0. The lowest BCUT2D eigenvalue weighted by Crippen LogP contribution is -2.38. The number of guanidine groups is 1. The highest BCUT2D eigenvalue weighted by atomic mass is 127. The zero-order valence-electron chi connectivity index (χ0n) is 17.2. The Labute approximate surface area is 195 Å². The molecule has 4 rings (SSSR count). The van der Waals surface area contributed by atoms with Crippen LogP contribution in [0.2, 0.25) is 0 Å². The molecule has 1 fully saturated rings. The molecule has 3 aromatic rings. The summed E-state index contributed by atoms with van der Waals surface area (Å²) in [6.07, 6.45) is 8.28. The summed E-state index contributed by atoms with van der Waals surface area (Å²) in [5.41, 5.74) is 11.1. The Morgan fingerprint density at radius 3 is 2.40 bits per heavy atom. The Kier molecular flexibility index (Phi) is 8.24. The molecule has 1 aromatic heterocycles. The highest BCUT2D eigenvalue weighted by Gasteiger charge is 2.11. The van der Waals surface area contributed by atoms with Crippen LogP contribution in [0.25, 0.3) is 11.1 Å². The molecule has 1 aliphatic heterocycles. The van der Waals surface area contributed by atoms with Crippen LogP contribution in [-0.4, -0.2) is 38.7 Å². The number of rotatable bonds is 5. The zero-order chi connectivity index (χ0) is 19.9. The quantitative estimate of drug-likeness (QED) is 0.312. The van der Waals surface area contributed by atoms with Crippen LogP contribution in [0, 0.1) is 0 Å². The molecule has 1 saturated heterocycles. The van der Waals surface area contributed by atoms with Gasteiger partial charge in [-0.15, -0.1) is 24.0 Å². The molecule has 0 unspecified atom stereocenters. The third-order valence-corrected chi connectivity index (χ3v) is 5.43. The minimum Gasteiger partial charge on any atom is -0.370 e. The van der Waals surface area contributed by atoms with E-state index < -0.39 is 0 Å². The van der Waals surface area contributed by atoms with Gasteiger partial charge in [0.15, 0.2) is 5.96 Å². The molecule has 2 N–H and O–H groups in total. The van der Waals surface area contributed by atoms with Crippen LogP contribution in [0.15, 0.2) is 66.2 Å². The van der Waals surface area contributed by atoms with Crippen molar-refractivity contribution in [2.45, 2.75) is 38.8 Å². The van der Waals surface area contributed by atoms with E-state index in [1.807, 2.05) is 4.68 Å². The van der Waals surface area contributed by atoms with Crippen molar-refractivity contribution in [1.29, 1.82) is 0 Å². The number of aliphatic imine (C=N–C) groups is 1. The first-order valence-corrected chi connectivity index (χ1v) is 10.3. The maximum atomic E-state index is 6.30. The van der Waals surface area contributed by atoms with E-state index in [2.05, 4.69) is 63.5 Å². The Morgan fingerprint density at radius 1 is 0.967 bits per heavy atom. The summed E-state index contributed by atoms with van der Waals surface area (Å²) in [6.45, 7) is 3.35. The predicted octanol–water partition coefficient (Wildman–Crippen LogP) is 4.30. The molecule has 30 heavy (non-hydrogen) atoms. The van der Waals surface area contributed by atoms with E-state index in [0.717, 1.165) is 19.6 Å². The third-order valence-electron chi connectivity index (χ3n) is 5.43. The molecule has 158 valence electrons. The van der Waals surface area contributed by atoms with Crippen LogP contribution in [0.1, 0.15) is 36.8 Å². The first kappa shape index (κ1) is 22.3. The van der Waals surface area contributed by atoms with Crippen molar-refractivity contribution >= 4 is 29.9 Å². The molecule has 0 saturated carbocycles. The summed E-state index contributed by atoms with van der Waals surface area (Å²) in [5, 5.41) is 4.17. The van der Waals surface area contributed by atoms with Crippen LogP contribution in [0.3, 0.4) is 0 Å². The summed E-state index contributed by atoms with van der Waals surface area (Å²) in [6, 6.07) is 17.0. The van der Waals surface area contributed by atoms with Crippen LogP contribution in [0.4, 0.5) is 0 Å². The van der Waals surface area contributed by atoms with E-state index in [1.165, 1.54) is 47.9 Å². The summed E-state index contributed by atoms with van der Waals surface area (Å²) in [7, 11) is 0. The molecule has 6 nitrogen and oxygen atoms in total. The van der Waals surface area contributed by atoms with E-state index in [9.17, 15) is 0 Å². The maximum absolute atomic E-state index is 6.30. The van der Waals surface area contributed by atoms with E-state index >= 15 is 0 Å². The fourth-order valence-corrected chi connectivity index (χ4v) is 3.80. The molecule has 0 amide bonds. The lowest BCUT2D eigenvalue weighted by atomic mass is 9.98. The van der Waals surface area contributed by atoms with Crippen molar-refractivity contribution in [3.05, 3.63) is 72.3 Å². The number of hydrogen-bond acceptors (Lipinski definition) is 3. The number of hydrogen-bond donors (Lipinski definition) is 1. The molecule has 0 aliphatic carbocycles. The minimum atomic E-state index is 0. The summed E-state index contributed by atoms with van der Waals surface area (Å²) in [4.78, 5) is 10.9. The van der Waals surface area contributed by atoms with E-state index in [4.69, 9.17) is 10.7 Å². The number of likely N-dealkylation sites (tertiary alicyclic amines) is 1. The van der Waals surface area contributed by atoms with Crippen molar-refractivity contribution in [1.82, 2.24) is 19.7 Å². The number of halogens is 1. The number of benzene rings is 2. The van der Waals surface area contributed by atoms with Gasteiger partial charge in [-0.05, 0) is 35.1 Å². The average molecular weight is 516 g/mol. The van der Waals surface area contributed by atoms with Gasteiger partial charge < -0.3 is 10.6 Å². The van der Waals surface area contributed by atoms with E-state index in [-0.39, 0.29) is 24.0 Å². The normalized spacial score (nSPS) is 14.8. The zero-order valence-corrected chi connectivity index (χ0v) is 19.5. The van der Waals surface area contributed by atoms with Gasteiger partial charge in [-0.3, -0.25) is 0 Å². The van der Waals surface area contributed by atoms with E-state index in [1.54, 1.807) is 12.7 Å². The molecular weight excluding hydrogens is 487 g/mol. The lowest BCUT2D eigenvalue weighted by Gasteiger charge is -2.21. The SMILES string of the molecule is I.NC(=NCc1ccccc1-c1ccc(Cn2cncn2)cc1)N1CCCCCC1. The Bertz CT molecular complexity index is 929. The highest BCUT2D eigenvalue weighted by molar-refractivity contribution is 14.0. The van der Waals surface area contributed by atoms with Gasteiger partial charge in [-0.2, -0.15) is 5.10 Å². The Morgan fingerprint density at radius 2 is 1.70 bits per heavy atom. The molecule has 2 heterocycles. The lowest BCUT2D eigenvalue weighted by molar-refractivity contribution is 0.428. The minimum absolute atomic E-state index is 0. The largest absolute Gasteiger partial charge is 0.370 e. The second kappa shape index (κ2) is 11.1. The van der Waals surface area contributed by atoms with Crippen molar-refractivity contribution in [3.8, 4) is 11.1 Å². The van der Waals surface area contributed by atoms with Crippen molar-refractivity contribution < 1.29 is 0 Å². The van der Waals surface area contributed by atoms with Gasteiger partial charge in [0.2, 0.25) is 0 Å². The monoisotopic (exact) mass is 516 g/mol. The van der Waals surface area contributed by atoms with Gasteiger partial charge in [-0.25, -0.2) is 14.7 Å². The number of nitrogens with zero attached hydrogens (tertiary/aromatic N) is 5. The molecule has 7 heteroatoms. The van der Waals surface area contributed by atoms with Crippen molar-refractivity contribution in [2.75, 3.05) is 13.1 Å². The Balaban J connectivity index is 0.00000256. The second-order valence-corrected chi connectivity index (χ2v) is 7.52. The molecule has 0 radical (unpaired) electrons. The van der Waals surface area contributed by atoms with Crippen LogP contribution >= 0.6 is 24.0 Å². The number of nitrogens with two attached hydrogens (primary N) is 1. The van der Waals surface area contributed by atoms with Gasteiger partial charge in [0.1, 0.15) is 12.7 Å². The smallest absolute Gasteiger partial charge is 0.191 e. The molecule has 0 spiro atoms. The van der Waals surface area contributed by atoms with Gasteiger partial charge in [0.25, 0.3) is 0 Å². The molecule has 1 aliphatic rings. The summed E-state index contributed by atoms with van der Waals surface area (Å²) in [5.74, 6) is 0.671. The molecule has 2 aromatic carbocycles. The second-order valence-electron chi connectivity index (χ2n) is 7.52. The first-order chi connectivity index (χ1) is 14.3.